The van der Waals surface area contributed by atoms with Gasteiger partial charge in [-0.25, -0.2) is 4.79 Å². The second kappa shape index (κ2) is 9.12. The summed E-state index contributed by atoms with van der Waals surface area (Å²) in [4.78, 5) is 34.3. The van der Waals surface area contributed by atoms with E-state index >= 15 is 0 Å². The van der Waals surface area contributed by atoms with Crippen molar-refractivity contribution in [1.29, 1.82) is 0 Å². The minimum Gasteiger partial charge on any atom is -0.494 e. The van der Waals surface area contributed by atoms with Crippen molar-refractivity contribution in [3.8, 4) is 18.1 Å². The van der Waals surface area contributed by atoms with Gasteiger partial charge in [-0.05, 0) is 56.1 Å². The van der Waals surface area contributed by atoms with Gasteiger partial charge in [-0.2, -0.15) is 0 Å². The summed E-state index contributed by atoms with van der Waals surface area (Å²) in [6.45, 7) is 5.90. The van der Waals surface area contributed by atoms with E-state index in [-0.39, 0.29) is 11.9 Å². The van der Waals surface area contributed by atoms with Crippen LogP contribution in [-0.4, -0.2) is 58.5 Å². The van der Waals surface area contributed by atoms with E-state index in [1.165, 1.54) is 4.90 Å². The number of benzene rings is 2. The van der Waals surface area contributed by atoms with E-state index < -0.39 is 11.6 Å². The first-order valence-corrected chi connectivity index (χ1v) is 12.1. The van der Waals surface area contributed by atoms with E-state index in [2.05, 4.69) is 16.2 Å². The van der Waals surface area contributed by atoms with Crippen molar-refractivity contribution >= 4 is 22.8 Å². The number of urea groups is 1. The lowest BCUT2D eigenvalue weighted by molar-refractivity contribution is -0.133. The lowest BCUT2D eigenvalue weighted by atomic mass is 9.81. The summed E-state index contributed by atoms with van der Waals surface area (Å²) >= 11 is 0. The minimum absolute atomic E-state index is 0.152. The maximum absolute atomic E-state index is 13.8. The van der Waals surface area contributed by atoms with Crippen LogP contribution < -0.4 is 10.1 Å². The number of nitrogens with one attached hydrogen (secondary N) is 2. The topological polar surface area (TPSA) is 77.7 Å². The fourth-order valence-corrected chi connectivity index (χ4v) is 5.45. The molecule has 2 aromatic carbocycles. The summed E-state index contributed by atoms with van der Waals surface area (Å²) in [5.74, 6) is 3.18. The van der Waals surface area contributed by atoms with Crippen LogP contribution in [0.2, 0.25) is 0 Å². The number of imide groups is 1. The largest absolute Gasteiger partial charge is 0.494 e. The van der Waals surface area contributed by atoms with Crippen LogP contribution >= 0.6 is 0 Å². The van der Waals surface area contributed by atoms with Gasteiger partial charge in [0.05, 0.1) is 13.2 Å². The van der Waals surface area contributed by atoms with Crippen LogP contribution in [0.25, 0.3) is 10.9 Å². The maximum Gasteiger partial charge on any atom is 0.328 e. The Bertz CT molecular complexity index is 1310. The molecule has 1 aromatic heterocycles. The molecule has 0 radical (unpaired) electrons. The highest BCUT2D eigenvalue weighted by molar-refractivity contribution is 6.08. The van der Waals surface area contributed by atoms with E-state index in [1.54, 1.807) is 4.90 Å². The number of aromatic nitrogens is 1. The van der Waals surface area contributed by atoms with E-state index in [9.17, 15) is 9.59 Å². The van der Waals surface area contributed by atoms with E-state index in [1.807, 2.05) is 62.4 Å². The fourth-order valence-electron chi connectivity index (χ4n) is 5.45. The standard InChI is InChI=1S/C28H30N4O3/c1-4-14-29-15-9-16-31-26(33)28(3)18-22-21-17-20(35-5-2)12-13-23(21)30-24(22)25(32(28)27(31)34)19-10-7-6-8-11-19/h1,6-8,10-13,17,25,29-30H,5,9,14-16,18H2,2-3H3/t25-,28+/m1/s1. The maximum atomic E-state index is 13.8. The van der Waals surface area contributed by atoms with Gasteiger partial charge in [0.2, 0.25) is 0 Å². The minimum atomic E-state index is -0.979. The second-order valence-corrected chi connectivity index (χ2v) is 9.27. The third-order valence-electron chi connectivity index (χ3n) is 7.03. The zero-order valence-corrected chi connectivity index (χ0v) is 20.1. The molecule has 0 aliphatic carbocycles. The van der Waals surface area contributed by atoms with Crippen molar-refractivity contribution in [1.82, 2.24) is 20.1 Å². The Balaban J connectivity index is 1.58. The van der Waals surface area contributed by atoms with Crippen molar-refractivity contribution in [3.05, 3.63) is 65.4 Å². The van der Waals surface area contributed by atoms with Crippen molar-refractivity contribution in [2.24, 2.45) is 0 Å². The molecule has 3 aromatic rings. The molecule has 3 amide bonds. The SMILES string of the molecule is C#CCNCCCN1C(=O)N2[C@H](c3ccccc3)c3[nH]c4ccc(OCC)cc4c3C[C@@]2(C)C1=O. The Labute approximate surface area is 205 Å². The number of carbonyl (C=O) groups is 2. The number of H-pyrrole nitrogens is 1. The predicted octanol–water partition coefficient (Wildman–Crippen LogP) is 3.85. The molecule has 2 N–H and O–H groups in total. The molecule has 3 heterocycles. The first-order chi connectivity index (χ1) is 17.0. The number of amides is 3. The summed E-state index contributed by atoms with van der Waals surface area (Å²) in [5.41, 5.74) is 2.98. The van der Waals surface area contributed by atoms with Crippen LogP contribution in [0.15, 0.2) is 48.5 Å². The molecule has 7 nitrogen and oxygen atoms in total. The molecule has 0 bridgehead atoms. The van der Waals surface area contributed by atoms with Gasteiger partial charge in [0.25, 0.3) is 5.91 Å². The molecule has 2 aliphatic heterocycles. The number of hydrogen-bond donors (Lipinski definition) is 2. The highest BCUT2D eigenvalue weighted by Gasteiger charge is 2.59. The number of rotatable bonds is 8. The van der Waals surface area contributed by atoms with Gasteiger partial charge in [-0.3, -0.25) is 14.6 Å². The molecule has 7 heteroatoms. The number of ether oxygens (including phenoxy) is 1. The van der Waals surface area contributed by atoms with Crippen LogP contribution in [0.3, 0.4) is 0 Å². The monoisotopic (exact) mass is 470 g/mol. The van der Waals surface area contributed by atoms with Gasteiger partial charge in [0, 0.05) is 29.6 Å². The summed E-state index contributed by atoms with van der Waals surface area (Å²) < 4.78 is 5.75. The first-order valence-electron chi connectivity index (χ1n) is 12.1. The highest BCUT2D eigenvalue weighted by Crippen LogP contribution is 2.48. The van der Waals surface area contributed by atoms with Gasteiger partial charge in [0.15, 0.2) is 0 Å². The third kappa shape index (κ3) is 3.75. The summed E-state index contributed by atoms with van der Waals surface area (Å²) in [6.07, 6.45) is 6.38. The Morgan fingerprint density at radius 2 is 2.03 bits per heavy atom. The number of nitrogens with zero attached hydrogens (tertiary/aromatic N) is 2. The van der Waals surface area contributed by atoms with E-state index in [0.717, 1.165) is 33.5 Å². The van der Waals surface area contributed by atoms with Crippen LogP contribution in [0.1, 0.15) is 43.1 Å². The number of terminal acetylenes is 1. The summed E-state index contributed by atoms with van der Waals surface area (Å²) in [5, 5.41) is 4.16. The van der Waals surface area contributed by atoms with Gasteiger partial charge < -0.3 is 15.0 Å². The molecule has 35 heavy (non-hydrogen) atoms. The number of hydrogen-bond acceptors (Lipinski definition) is 4. The highest BCUT2D eigenvalue weighted by atomic mass is 16.5. The Morgan fingerprint density at radius 3 is 2.77 bits per heavy atom. The third-order valence-corrected chi connectivity index (χ3v) is 7.03. The molecule has 0 saturated carbocycles. The molecular formula is C28H30N4O3. The lowest BCUT2D eigenvalue weighted by Gasteiger charge is -2.42. The molecule has 180 valence electrons. The molecule has 1 saturated heterocycles. The molecule has 0 spiro atoms. The molecule has 5 rings (SSSR count). The van der Waals surface area contributed by atoms with E-state index in [4.69, 9.17) is 11.2 Å². The second-order valence-electron chi connectivity index (χ2n) is 9.27. The number of aromatic amines is 1. The Hall–Kier alpha value is -3.76. The normalized spacial score (nSPS) is 21.2. The molecular weight excluding hydrogens is 440 g/mol. The van der Waals surface area contributed by atoms with Gasteiger partial charge in [0.1, 0.15) is 17.3 Å². The van der Waals surface area contributed by atoms with Gasteiger partial charge >= 0.3 is 6.03 Å². The summed E-state index contributed by atoms with van der Waals surface area (Å²) in [6, 6.07) is 15.3. The van der Waals surface area contributed by atoms with Crippen LogP contribution in [0.5, 0.6) is 5.75 Å². The van der Waals surface area contributed by atoms with E-state index in [0.29, 0.717) is 39.1 Å². The first kappa shape index (κ1) is 23.0. The van der Waals surface area contributed by atoms with Crippen molar-refractivity contribution in [2.75, 3.05) is 26.2 Å². The fraction of sp³-hybridized carbons (Fsp3) is 0.357. The van der Waals surface area contributed by atoms with Crippen molar-refractivity contribution in [2.45, 2.75) is 38.3 Å². The number of fused-ring (bicyclic) bond motifs is 4. The zero-order valence-electron chi connectivity index (χ0n) is 20.1. The van der Waals surface area contributed by atoms with Crippen molar-refractivity contribution < 1.29 is 14.3 Å². The average molecular weight is 471 g/mol. The van der Waals surface area contributed by atoms with Crippen molar-refractivity contribution in [3.63, 3.8) is 0 Å². The van der Waals surface area contributed by atoms with Gasteiger partial charge in [-0.15, -0.1) is 6.42 Å². The molecule has 2 aliphatic rings. The smallest absolute Gasteiger partial charge is 0.328 e. The van der Waals surface area contributed by atoms with Crippen LogP contribution in [-0.2, 0) is 11.2 Å². The predicted molar refractivity (Wildman–Crippen MR) is 135 cm³/mol. The zero-order chi connectivity index (χ0) is 24.6. The average Bonchev–Trinajstić information content (AvgIpc) is 3.30. The molecule has 0 unspecified atom stereocenters. The van der Waals surface area contributed by atoms with Gasteiger partial charge in [-0.1, -0.05) is 36.3 Å². The number of carbonyl (C=O) groups excluding carboxylic acids is 2. The quantitative estimate of drug-likeness (QED) is 0.298. The van der Waals surface area contributed by atoms with Crippen LogP contribution in [0.4, 0.5) is 4.79 Å². The molecule has 1 fully saturated rings. The summed E-state index contributed by atoms with van der Waals surface area (Å²) in [7, 11) is 0. The molecule has 2 atom stereocenters. The Morgan fingerprint density at radius 1 is 1.23 bits per heavy atom. The lowest BCUT2D eigenvalue weighted by Crippen LogP contribution is -2.53. The van der Waals surface area contributed by atoms with Crippen LogP contribution in [0, 0.1) is 12.3 Å². The Kier molecular flexibility index (Phi) is 6.00.